The summed E-state index contributed by atoms with van der Waals surface area (Å²) in [7, 11) is 0. The van der Waals surface area contributed by atoms with Crippen molar-refractivity contribution in [3.05, 3.63) is 44.6 Å². The molecule has 1 aromatic heterocycles. The average molecular weight is 654 g/mol. The summed E-state index contributed by atoms with van der Waals surface area (Å²) in [6, 6.07) is 3.83. The highest BCUT2D eigenvalue weighted by atomic mass is 35.5. The highest BCUT2D eigenvalue weighted by Gasteiger charge is 2.36. The lowest BCUT2D eigenvalue weighted by Gasteiger charge is -2.42. The summed E-state index contributed by atoms with van der Waals surface area (Å²) in [6.07, 6.45) is 7.65. The predicted octanol–water partition coefficient (Wildman–Crippen LogP) is 3.42. The second-order valence-electron chi connectivity index (χ2n) is 12.2. The van der Waals surface area contributed by atoms with Crippen molar-refractivity contribution < 1.29 is 19.1 Å². The number of urea groups is 1. The number of carbonyl (C=O) groups excluding carboxylic acids is 3. The number of terminal acetylenes is 1. The smallest absolute Gasteiger partial charge is 0.410 e. The SMILES string of the molecule is C#Cc1cc(C[C@@H](OC(=O)N2CCC(N3Cc4cscc4NC3=O)CC2)C(=O)N2CCN(C3CCNCC3)CC2)cc(Cl)c1N. The zero-order chi connectivity index (χ0) is 31.5. The highest BCUT2D eigenvalue weighted by Crippen LogP contribution is 2.31. The number of piperazine rings is 1. The standard InChI is InChI=1S/C32H40ClN7O4S/c1-2-22-15-21(16-26(33)29(22)34)17-28(30(41)38-13-11-37(12-14-38)24-3-7-35-8-4-24)44-32(43)39-9-5-25(6-10-39)40-18-23-19-45-20-27(23)36-31(40)42/h1,15-16,19-20,24-25,28,35H,3-14,17-18,34H2,(H,36,42)/t28-/m1/s1. The zero-order valence-electron chi connectivity index (χ0n) is 25.3. The van der Waals surface area contributed by atoms with Crippen LogP contribution in [0, 0.1) is 12.3 Å². The van der Waals surface area contributed by atoms with Crippen LogP contribution in [0.2, 0.25) is 5.02 Å². The van der Waals surface area contributed by atoms with Gasteiger partial charge < -0.3 is 35.8 Å². The maximum atomic E-state index is 13.9. The molecule has 0 saturated carbocycles. The number of rotatable bonds is 6. The lowest BCUT2D eigenvalue weighted by Crippen LogP contribution is -2.56. The topological polar surface area (TPSA) is 123 Å². The molecule has 4 aliphatic heterocycles. The van der Waals surface area contributed by atoms with Gasteiger partial charge in [0, 0.05) is 74.3 Å². The molecule has 45 heavy (non-hydrogen) atoms. The van der Waals surface area contributed by atoms with Gasteiger partial charge in [-0.2, -0.15) is 0 Å². The number of nitrogens with zero attached hydrogens (tertiary/aromatic N) is 4. The molecule has 11 nitrogen and oxygen atoms in total. The summed E-state index contributed by atoms with van der Waals surface area (Å²) in [5, 5.41) is 10.7. The summed E-state index contributed by atoms with van der Waals surface area (Å²) in [5.41, 5.74) is 9.43. The molecule has 4 N–H and O–H groups in total. The Morgan fingerprint density at radius 2 is 1.78 bits per heavy atom. The van der Waals surface area contributed by atoms with Crippen LogP contribution in [-0.4, -0.2) is 108 Å². The first-order chi connectivity index (χ1) is 21.8. The Bertz CT molecular complexity index is 1460. The van der Waals surface area contributed by atoms with Gasteiger partial charge in [0.05, 0.1) is 22.9 Å². The van der Waals surface area contributed by atoms with Crippen molar-refractivity contribution in [2.24, 2.45) is 0 Å². The number of anilines is 2. The van der Waals surface area contributed by atoms with Gasteiger partial charge in [-0.3, -0.25) is 9.69 Å². The maximum absolute atomic E-state index is 13.9. The number of fused-ring (bicyclic) bond motifs is 1. The molecule has 13 heteroatoms. The average Bonchev–Trinajstić information content (AvgIpc) is 3.53. The van der Waals surface area contributed by atoms with Crippen LogP contribution in [0.4, 0.5) is 21.0 Å². The first kappa shape index (κ1) is 31.5. The predicted molar refractivity (Wildman–Crippen MR) is 175 cm³/mol. The number of benzene rings is 1. The number of ether oxygens (including phenoxy) is 1. The quantitative estimate of drug-likeness (QED) is 0.323. The first-order valence-corrected chi connectivity index (χ1v) is 17.0. The van der Waals surface area contributed by atoms with Crippen LogP contribution in [0.1, 0.15) is 42.4 Å². The van der Waals surface area contributed by atoms with E-state index in [0.717, 1.165) is 50.3 Å². The molecule has 0 radical (unpaired) electrons. The van der Waals surface area contributed by atoms with Crippen LogP contribution in [-0.2, 0) is 22.5 Å². The van der Waals surface area contributed by atoms with E-state index < -0.39 is 12.2 Å². The fraction of sp³-hybridized carbons (Fsp3) is 0.531. The number of carbonyl (C=O) groups is 3. The van der Waals surface area contributed by atoms with Crippen molar-refractivity contribution in [1.82, 2.24) is 24.9 Å². The minimum absolute atomic E-state index is 0.00914. The van der Waals surface area contributed by atoms with Crippen LogP contribution < -0.4 is 16.4 Å². The van der Waals surface area contributed by atoms with E-state index in [0.29, 0.717) is 73.4 Å². The normalized spacial score (nSPS) is 20.7. The molecule has 0 aliphatic carbocycles. The second-order valence-corrected chi connectivity index (χ2v) is 13.3. The van der Waals surface area contributed by atoms with Gasteiger partial charge in [0.15, 0.2) is 6.10 Å². The number of amides is 4. The van der Waals surface area contributed by atoms with Gasteiger partial charge in [-0.05, 0) is 61.8 Å². The van der Waals surface area contributed by atoms with Gasteiger partial charge in [0.2, 0.25) is 0 Å². The van der Waals surface area contributed by atoms with E-state index in [-0.39, 0.29) is 24.4 Å². The number of halogens is 1. The van der Waals surface area contributed by atoms with E-state index in [4.69, 9.17) is 28.5 Å². The fourth-order valence-electron chi connectivity index (χ4n) is 6.84. The largest absolute Gasteiger partial charge is 0.436 e. The van der Waals surface area contributed by atoms with Gasteiger partial charge in [-0.1, -0.05) is 17.5 Å². The van der Waals surface area contributed by atoms with Crippen molar-refractivity contribution in [3.63, 3.8) is 0 Å². The molecule has 1 atom stereocenters. The number of nitrogens with two attached hydrogens (primary N) is 1. The molecule has 4 amide bonds. The third-order valence-corrected chi connectivity index (χ3v) is 10.6. The fourth-order valence-corrected chi connectivity index (χ4v) is 7.86. The van der Waals surface area contributed by atoms with Crippen molar-refractivity contribution >= 4 is 52.3 Å². The van der Waals surface area contributed by atoms with E-state index in [1.54, 1.807) is 33.3 Å². The molecule has 3 saturated heterocycles. The van der Waals surface area contributed by atoms with Gasteiger partial charge in [-0.25, -0.2) is 9.59 Å². The number of hydrogen-bond acceptors (Lipinski definition) is 8. The Balaban J connectivity index is 1.11. The number of thiophene rings is 1. The first-order valence-electron chi connectivity index (χ1n) is 15.7. The Kier molecular flexibility index (Phi) is 9.70. The van der Waals surface area contributed by atoms with Gasteiger partial charge in [0.1, 0.15) is 0 Å². The Morgan fingerprint density at radius 3 is 2.49 bits per heavy atom. The summed E-state index contributed by atoms with van der Waals surface area (Å²) in [6.45, 7) is 6.17. The number of nitrogens with one attached hydrogen (secondary N) is 2. The number of nitrogen functional groups attached to an aromatic ring is 1. The lowest BCUT2D eigenvalue weighted by atomic mass is 10.0. The van der Waals surface area contributed by atoms with E-state index in [1.165, 1.54) is 0 Å². The Labute approximate surface area is 273 Å². The van der Waals surface area contributed by atoms with Crippen molar-refractivity contribution in [3.8, 4) is 12.3 Å². The van der Waals surface area contributed by atoms with Gasteiger partial charge in [0.25, 0.3) is 5.91 Å². The molecule has 2 aromatic rings. The van der Waals surface area contributed by atoms with Crippen LogP contribution in [0.3, 0.4) is 0 Å². The Hall–Kier alpha value is -3.50. The van der Waals surface area contributed by atoms with E-state index in [1.807, 2.05) is 10.3 Å². The molecular formula is C32H40ClN7O4S. The summed E-state index contributed by atoms with van der Waals surface area (Å²) in [4.78, 5) is 48.0. The van der Waals surface area contributed by atoms with Gasteiger partial charge >= 0.3 is 12.1 Å². The molecule has 3 fully saturated rings. The molecule has 6 rings (SSSR count). The molecule has 240 valence electrons. The number of hydrogen-bond donors (Lipinski definition) is 3. The van der Waals surface area contributed by atoms with E-state index in [2.05, 4.69) is 26.8 Å². The Morgan fingerprint density at radius 1 is 1.04 bits per heavy atom. The lowest BCUT2D eigenvalue weighted by molar-refractivity contribution is -0.143. The maximum Gasteiger partial charge on any atom is 0.410 e. The number of likely N-dealkylation sites (tertiary alicyclic amines) is 1. The van der Waals surface area contributed by atoms with Crippen LogP contribution in [0.5, 0.6) is 0 Å². The molecule has 0 spiro atoms. The zero-order valence-corrected chi connectivity index (χ0v) is 26.9. The summed E-state index contributed by atoms with van der Waals surface area (Å²) < 4.78 is 5.99. The number of piperidine rings is 2. The summed E-state index contributed by atoms with van der Waals surface area (Å²) in [5.74, 6) is 2.32. The van der Waals surface area contributed by atoms with Crippen molar-refractivity contribution in [2.45, 2.75) is 56.8 Å². The second kappa shape index (κ2) is 13.9. The molecule has 1 aromatic carbocycles. The monoisotopic (exact) mass is 653 g/mol. The van der Waals surface area contributed by atoms with E-state index in [9.17, 15) is 14.4 Å². The van der Waals surface area contributed by atoms with Crippen LogP contribution in [0.25, 0.3) is 0 Å². The third-order valence-electron chi connectivity index (χ3n) is 9.48. The van der Waals surface area contributed by atoms with Crippen molar-refractivity contribution in [2.75, 3.05) is 63.4 Å². The van der Waals surface area contributed by atoms with Crippen LogP contribution in [0.15, 0.2) is 22.9 Å². The molecule has 4 aliphatic rings. The third kappa shape index (κ3) is 7.02. The molecule has 0 unspecified atom stereocenters. The molecule has 0 bridgehead atoms. The minimum atomic E-state index is -1.05. The summed E-state index contributed by atoms with van der Waals surface area (Å²) >= 11 is 7.93. The minimum Gasteiger partial charge on any atom is -0.436 e. The highest BCUT2D eigenvalue weighted by molar-refractivity contribution is 7.08. The molecule has 5 heterocycles. The molecular weight excluding hydrogens is 614 g/mol. The van der Waals surface area contributed by atoms with Crippen LogP contribution >= 0.6 is 22.9 Å². The van der Waals surface area contributed by atoms with Crippen molar-refractivity contribution in [1.29, 1.82) is 0 Å². The van der Waals surface area contributed by atoms with Gasteiger partial charge in [-0.15, -0.1) is 17.8 Å². The van der Waals surface area contributed by atoms with E-state index >= 15 is 0 Å².